The van der Waals surface area contributed by atoms with E-state index in [-0.39, 0.29) is 17.6 Å². The highest BCUT2D eigenvalue weighted by atomic mass is 19.1. The minimum atomic E-state index is -0.206. The lowest BCUT2D eigenvalue weighted by Crippen LogP contribution is -2.55. The Morgan fingerprint density at radius 2 is 1.74 bits per heavy atom. The van der Waals surface area contributed by atoms with Crippen LogP contribution >= 0.6 is 0 Å². The molecule has 2 aliphatic rings. The Hall–Kier alpha value is -1.46. The van der Waals surface area contributed by atoms with Gasteiger partial charge in [-0.05, 0) is 50.4 Å². The van der Waals surface area contributed by atoms with E-state index in [1.807, 2.05) is 19.2 Å². The number of rotatable bonds is 5. The van der Waals surface area contributed by atoms with E-state index in [0.29, 0.717) is 12.1 Å². The Morgan fingerprint density at radius 1 is 1.13 bits per heavy atom. The summed E-state index contributed by atoms with van der Waals surface area (Å²) in [7, 11) is 2.01. The van der Waals surface area contributed by atoms with Gasteiger partial charge in [-0.25, -0.2) is 4.39 Å². The van der Waals surface area contributed by atoms with Crippen molar-refractivity contribution in [3.05, 3.63) is 35.6 Å². The monoisotopic (exact) mass is 319 g/mol. The second-order valence-electron chi connectivity index (χ2n) is 6.86. The maximum Gasteiger partial charge on any atom is 0.225 e. The number of hydrogen-bond donors (Lipinski definition) is 2. The molecule has 4 nitrogen and oxygen atoms in total. The Labute approximate surface area is 137 Å². The van der Waals surface area contributed by atoms with E-state index in [2.05, 4.69) is 15.5 Å². The highest BCUT2D eigenvalue weighted by Gasteiger charge is 2.33. The Morgan fingerprint density at radius 3 is 2.35 bits per heavy atom. The molecule has 1 aliphatic carbocycles. The molecule has 23 heavy (non-hydrogen) atoms. The zero-order chi connectivity index (χ0) is 16.2. The minimum absolute atomic E-state index is 0.109. The maximum atomic E-state index is 12.9. The highest BCUT2D eigenvalue weighted by Crippen LogP contribution is 2.22. The van der Waals surface area contributed by atoms with Crippen molar-refractivity contribution >= 4 is 5.91 Å². The molecule has 1 aromatic rings. The minimum Gasteiger partial charge on any atom is -0.353 e. The zero-order valence-electron chi connectivity index (χ0n) is 13.7. The van der Waals surface area contributed by atoms with Crippen LogP contribution in [-0.4, -0.2) is 43.0 Å². The van der Waals surface area contributed by atoms with Crippen LogP contribution in [0.2, 0.25) is 0 Å². The molecule has 1 aromatic carbocycles. The summed E-state index contributed by atoms with van der Waals surface area (Å²) in [6, 6.07) is 7.55. The number of amides is 1. The lowest BCUT2D eigenvalue weighted by atomic mass is 9.90. The number of nitrogens with one attached hydrogen (secondary N) is 2. The van der Waals surface area contributed by atoms with Gasteiger partial charge in [0.05, 0.1) is 5.92 Å². The largest absolute Gasteiger partial charge is 0.353 e. The Balaban J connectivity index is 1.37. The number of halogens is 1. The average molecular weight is 319 g/mol. The molecule has 0 bridgehead atoms. The first-order chi connectivity index (χ1) is 11.1. The quantitative estimate of drug-likeness (QED) is 0.871. The van der Waals surface area contributed by atoms with E-state index < -0.39 is 0 Å². The van der Waals surface area contributed by atoms with Crippen molar-refractivity contribution in [1.82, 2.24) is 15.5 Å². The second kappa shape index (κ2) is 7.41. The summed E-state index contributed by atoms with van der Waals surface area (Å²) in [5, 5.41) is 6.53. The molecule has 126 valence electrons. The lowest BCUT2D eigenvalue weighted by molar-refractivity contribution is -0.131. The van der Waals surface area contributed by atoms with Gasteiger partial charge in [0.1, 0.15) is 5.82 Å². The van der Waals surface area contributed by atoms with E-state index >= 15 is 0 Å². The van der Waals surface area contributed by atoms with Gasteiger partial charge >= 0.3 is 0 Å². The van der Waals surface area contributed by atoms with Crippen LogP contribution in [0, 0.1) is 11.7 Å². The lowest BCUT2D eigenvalue weighted by Gasteiger charge is -2.39. The van der Waals surface area contributed by atoms with Crippen LogP contribution in [0.3, 0.4) is 0 Å². The van der Waals surface area contributed by atoms with Gasteiger partial charge in [-0.15, -0.1) is 0 Å². The predicted molar refractivity (Wildman–Crippen MR) is 88.4 cm³/mol. The van der Waals surface area contributed by atoms with E-state index in [0.717, 1.165) is 50.9 Å². The third-order valence-electron chi connectivity index (χ3n) is 5.13. The summed E-state index contributed by atoms with van der Waals surface area (Å²) in [4.78, 5) is 14.5. The number of carbonyl (C=O) groups excluding carboxylic acids is 1. The van der Waals surface area contributed by atoms with Gasteiger partial charge in [-0.3, -0.25) is 9.69 Å². The summed E-state index contributed by atoms with van der Waals surface area (Å²) in [5.74, 6) is 0.105. The average Bonchev–Trinajstić information content (AvgIpc) is 2.53. The van der Waals surface area contributed by atoms with Crippen LogP contribution in [0.5, 0.6) is 0 Å². The number of benzene rings is 1. The zero-order valence-corrected chi connectivity index (χ0v) is 13.7. The third-order valence-corrected chi connectivity index (χ3v) is 5.13. The predicted octanol–water partition coefficient (Wildman–Crippen LogP) is 1.90. The molecule has 1 saturated heterocycles. The number of hydrogen-bond acceptors (Lipinski definition) is 3. The van der Waals surface area contributed by atoms with Crippen LogP contribution in [0.25, 0.3) is 0 Å². The summed E-state index contributed by atoms with van der Waals surface area (Å²) >= 11 is 0. The van der Waals surface area contributed by atoms with E-state index in [1.165, 1.54) is 12.1 Å². The van der Waals surface area contributed by atoms with Crippen molar-refractivity contribution in [3.63, 3.8) is 0 Å². The van der Waals surface area contributed by atoms with Gasteiger partial charge in [0.25, 0.3) is 0 Å². The van der Waals surface area contributed by atoms with Gasteiger partial charge in [-0.2, -0.15) is 0 Å². The fourth-order valence-corrected chi connectivity index (χ4v) is 3.56. The molecule has 1 aliphatic heterocycles. The van der Waals surface area contributed by atoms with Gasteiger partial charge in [0.2, 0.25) is 5.91 Å². The SMILES string of the molecule is CNC1CCC(NC(=O)C2CN(Cc3ccc(F)cc3)C2)CC1. The van der Waals surface area contributed by atoms with Crippen LogP contribution in [0.15, 0.2) is 24.3 Å². The van der Waals surface area contributed by atoms with Crippen LogP contribution in [-0.2, 0) is 11.3 Å². The molecular weight excluding hydrogens is 293 g/mol. The second-order valence-corrected chi connectivity index (χ2v) is 6.86. The molecule has 1 saturated carbocycles. The third kappa shape index (κ3) is 4.30. The van der Waals surface area contributed by atoms with E-state index in [4.69, 9.17) is 0 Å². The van der Waals surface area contributed by atoms with Crippen LogP contribution in [0.1, 0.15) is 31.2 Å². The number of likely N-dealkylation sites (tertiary alicyclic amines) is 1. The molecule has 0 aromatic heterocycles. The van der Waals surface area contributed by atoms with Crippen molar-refractivity contribution < 1.29 is 9.18 Å². The van der Waals surface area contributed by atoms with Crippen LogP contribution < -0.4 is 10.6 Å². The van der Waals surface area contributed by atoms with Gasteiger partial charge in [-0.1, -0.05) is 12.1 Å². The van der Waals surface area contributed by atoms with Crippen LogP contribution in [0.4, 0.5) is 4.39 Å². The first-order valence-corrected chi connectivity index (χ1v) is 8.58. The Kier molecular flexibility index (Phi) is 5.28. The van der Waals surface area contributed by atoms with Crippen molar-refractivity contribution in [2.45, 2.75) is 44.3 Å². The fourth-order valence-electron chi connectivity index (χ4n) is 3.56. The van der Waals surface area contributed by atoms with Gasteiger partial charge < -0.3 is 10.6 Å². The molecule has 3 rings (SSSR count). The summed E-state index contributed by atoms with van der Waals surface area (Å²) in [6.07, 6.45) is 4.43. The molecule has 2 N–H and O–H groups in total. The summed E-state index contributed by atoms with van der Waals surface area (Å²) < 4.78 is 12.9. The molecule has 1 amide bonds. The number of nitrogens with zero attached hydrogens (tertiary/aromatic N) is 1. The molecule has 5 heteroatoms. The standard InChI is InChI=1S/C18H26FN3O/c1-20-16-6-8-17(9-7-16)21-18(23)14-11-22(12-14)10-13-2-4-15(19)5-3-13/h2-5,14,16-17,20H,6-12H2,1H3,(H,21,23). The molecule has 0 atom stereocenters. The summed E-state index contributed by atoms with van der Waals surface area (Å²) in [5.41, 5.74) is 1.09. The van der Waals surface area contributed by atoms with Crippen molar-refractivity contribution in [1.29, 1.82) is 0 Å². The van der Waals surface area contributed by atoms with Crippen molar-refractivity contribution in [2.75, 3.05) is 20.1 Å². The molecule has 2 fully saturated rings. The number of carbonyl (C=O) groups is 1. The molecule has 0 unspecified atom stereocenters. The summed E-state index contributed by atoms with van der Waals surface area (Å²) in [6.45, 7) is 2.39. The smallest absolute Gasteiger partial charge is 0.225 e. The topological polar surface area (TPSA) is 44.4 Å². The first-order valence-electron chi connectivity index (χ1n) is 8.58. The highest BCUT2D eigenvalue weighted by molar-refractivity contribution is 5.80. The Bertz CT molecular complexity index is 520. The first kappa shape index (κ1) is 16.4. The van der Waals surface area contributed by atoms with Gasteiger partial charge in [0, 0.05) is 31.7 Å². The molecule has 0 radical (unpaired) electrons. The van der Waals surface area contributed by atoms with Crippen molar-refractivity contribution in [3.8, 4) is 0 Å². The molecular formula is C18H26FN3O. The molecule has 0 spiro atoms. The fraction of sp³-hybridized carbons (Fsp3) is 0.611. The van der Waals surface area contributed by atoms with Gasteiger partial charge in [0.15, 0.2) is 0 Å². The van der Waals surface area contributed by atoms with Crippen molar-refractivity contribution in [2.24, 2.45) is 5.92 Å². The maximum absolute atomic E-state index is 12.9. The normalized spacial score (nSPS) is 25.8. The molecule has 1 heterocycles. The van der Waals surface area contributed by atoms with E-state index in [1.54, 1.807) is 0 Å². The van der Waals surface area contributed by atoms with E-state index in [9.17, 15) is 9.18 Å².